The lowest BCUT2D eigenvalue weighted by molar-refractivity contribution is 0.0656. The third-order valence-electron chi connectivity index (χ3n) is 2.53. The molecule has 0 aliphatic carbocycles. The molecule has 0 bridgehead atoms. The zero-order chi connectivity index (χ0) is 13.1. The van der Waals surface area contributed by atoms with E-state index in [-0.39, 0.29) is 19.1 Å². The molecule has 7 heteroatoms. The van der Waals surface area contributed by atoms with Crippen LogP contribution in [0.15, 0.2) is 14.3 Å². The molecule has 0 unspecified atom stereocenters. The van der Waals surface area contributed by atoms with Crippen molar-refractivity contribution in [2.24, 2.45) is 0 Å². The van der Waals surface area contributed by atoms with Gasteiger partial charge in [0.15, 0.2) is 0 Å². The molecule has 0 aliphatic heterocycles. The fourth-order valence-corrected chi connectivity index (χ4v) is 3.13. The molecule has 0 aliphatic rings. The zero-order valence-electron chi connectivity index (χ0n) is 9.17. The summed E-state index contributed by atoms with van der Waals surface area (Å²) in [7, 11) is 0. The van der Waals surface area contributed by atoms with Crippen molar-refractivity contribution in [3.05, 3.63) is 19.2 Å². The predicted octanol–water partition coefficient (Wildman–Crippen LogP) is 2.14. The van der Waals surface area contributed by atoms with E-state index >= 15 is 0 Å². The molecule has 1 amide bonds. The van der Waals surface area contributed by atoms with Gasteiger partial charge in [-0.2, -0.15) is 0 Å². The van der Waals surface area contributed by atoms with Crippen molar-refractivity contribution < 1.29 is 15.0 Å². The van der Waals surface area contributed by atoms with Crippen molar-refractivity contribution in [1.29, 1.82) is 0 Å². The lowest BCUT2D eigenvalue weighted by Gasteiger charge is -2.29. The van der Waals surface area contributed by atoms with E-state index in [0.717, 1.165) is 8.26 Å². The highest BCUT2D eigenvalue weighted by molar-refractivity contribution is 9.13. The molecule has 0 aromatic carbocycles. The Balaban J connectivity index is 2.84. The summed E-state index contributed by atoms with van der Waals surface area (Å²) in [6.07, 6.45) is 0.458. The molecule has 0 saturated carbocycles. The van der Waals surface area contributed by atoms with E-state index in [1.54, 1.807) is 13.0 Å². The molecule has 0 fully saturated rings. The molecule has 0 spiro atoms. The first-order valence-electron chi connectivity index (χ1n) is 4.97. The monoisotopic (exact) mass is 385 g/mol. The Morgan fingerprint density at radius 1 is 1.47 bits per heavy atom. The molecule has 1 aromatic rings. The Morgan fingerprint density at radius 3 is 2.41 bits per heavy atom. The SMILES string of the molecule is CCC(CO)(CO)NC(=O)c1cc(Br)c(Br)s1. The first kappa shape index (κ1) is 15.1. The van der Waals surface area contributed by atoms with Crippen LogP contribution in [0.1, 0.15) is 23.0 Å². The number of nitrogens with one attached hydrogen (secondary N) is 1. The third-order valence-corrected chi connectivity index (χ3v) is 5.78. The molecule has 4 nitrogen and oxygen atoms in total. The molecular weight excluding hydrogens is 374 g/mol. The van der Waals surface area contributed by atoms with E-state index in [0.29, 0.717) is 11.3 Å². The zero-order valence-corrected chi connectivity index (χ0v) is 13.2. The Morgan fingerprint density at radius 2 is 2.06 bits per heavy atom. The van der Waals surface area contributed by atoms with Crippen LogP contribution in [0, 0.1) is 0 Å². The summed E-state index contributed by atoms with van der Waals surface area (Å²) in [5.41, 5.74) is -0.958. The number of hydrogen-bond donors (Lipinski definition) is 3. The van der Waals surface area contributed by atoms with Gasteiger partial charge >= 0.3 is 0 Å². The van der Waals surface area contributed by atoms with Crippen LogP contribution in [0.5, 0.6) is 0 Å². The van der Waals surface area contributed by atoms with E-state index < -0.39 is 5.54 Å². The van der Waals surface area contributed by atoms with E-state index in [1.807, 2.05) is 0 Å². The van der Waals surface area contributed by atoms with Crippen LogP contribution in [0.2, 0.25) is 0 Å². The Bertz CT molecular complexity index is 376. The number of aliphatic hydroxyl groups is 2. The minimum atomic E-state index is -0.958. The van der Waals surface area contributed by atoms with E-state index in [2.05, 4.69) is 37.2 Å². The van der Waals surface area contributed by atoms with Crippen LogP contribution in [-0.2, 0) is 0 Å². The second kappa shape index (κ2) is 6.29. The smallest absolute Gasteiger partial charge is 0.262 e. The van der Waals surface area contributed by atoms with Crippen LogP contribution in [0.4, 0.5) is 0 Å². The van der Waals surface area contributed by atoms with Gasteiger partial charge in [0.05, 0.1) is 27.4 Å². The molecule has 0 saturated heterocycles. The molecule has 1 heterocycles. The van der Waals surface area contributed by atoms with Crippen molar-refractivity contribution in [2.75, 3.05) is 13.2 Å². The summed E-state index contributed by atoms with van der Waals surface area (Å²) in [6, 6.07) is 1.69. The van der Waals surface area contributed by atoms with Gasteiger partial charge in [-0.05, 0) is 44.3 Å². The maximum Gasteiger partial charge on any atom is 0.262 e. The number of rotatable bonds is 5. The highest BCUT2D eigenvalue weighted by atomic mass is 79.9. The number of halogens is 2. The third kappa shape index (κ3) is 3.51. The summed E-state index contributed by atoms with van der Waals surface area (Å²) < 4.78 is 1.64. The van der Waals surface area contributed by atoms with Crippen LogP contribution in [0.3, 0.4) is 0 Å². The standard InChI is InChI=1S/C10H13Br2NO3S/c1-2-10(4-14,5-15)13-9(16)7-3-6(11)8(12)17-7/h3,14-15H,2,4-5H2,1H3,(H,13,16). The van der Waals surface area contributed by atoms with E-state index in [4.69, 9.17) is 0 Å². The summed E-state index contributed by atoms with van der Waals surface area (Å²) in [5, 5.41) is 21.2. The number of thiophene rings is 1. The number of aliphatic hydroxyl groups excluding tert-OH is 2. The number of amides is 1. The van der Waals surface area contributed by atoms with Crippen molar-refractivity contribution in [1.82, 2.24) is 5.32 Å². The van der Waals surface area contributed by atoms with Crippen molar-refractivity contribution in [2.45, 2.75) is 18.9 Å². The highest BCUT2D eigenvalue weighted by Gasteiger charge is 2.29. The maximum atomic E-state index is 11.9. The Kier molecular flexibility index (Phi) is 5.59. The molecule has 1 rings (SSSR count). The fraction of sp³-hybridized carbons (Fsp3) is 0.500. The molecule has 0 radical (unpaired) electrons. The van der Waals surface area contributed by atoms with Gasteiger partial charge in [-0.25, -0.2) is 0 Å². The summed E-state index contributed by atoms with van der Waals surface area (Å²) in [4.78, 5) is 12.5. The topological polar surface area (TPSA) is 69.6 Å². The maximum absolute atomic E-state index is 11.9. The summed E-state index contributed by atoms with van der Waals surface area (Å²) >= 11 is 7.90. The van der Waals surface area contributed by atoms with E-state index in [9.17, 15) is 15.0 Å². The lowest BCUT2D eigenvalue weighted by Crippen LogP contribution is -2.53. The normalized spacial score (nSPS) is 11.6. The van der Waals surface area contributed by atoms with Crippen LogP contribution in [-0.4, -0.2) is 34.9 Å². The van der Waals surface area contributed by atoms with Crippen LogP contribution >= 0.6 is 43.2 Å². The first-order chi connectivity index (χ1) is 7.98. The summed E-state index contributed by atoms with van der Waals surface area (Å²) in [6.45, 7) is 1.21. The largest absolute Gasteiger partial charge is 0.394 e. The second-order valence-electron chi connectivity index (χ2n) is 3.64. The Hall–Kier alpha value is 0.0500. The molecule has 17 heavy (non-hydrogen) atoms. The fourth-order valence-electron chi connectivity index (χ4n) is 1.20. The van der Waals surface area contributed by atoms with Gasteiger partial charge in [-0.1, -0.05) is 6.92 Å². The quantitative estimate of drug-likeness (QED) is 0.726. The van der Waals surface area contributed by atoms with Gasteiger partial charge in [-0.3, -0.25) is 4.79 Å². The molecular formula is C10H13Br2NO3S. The van der Waals surface area contributed by atoms with Gasteiger partial charge in [0.2, 0.25) is 0 Å². The number of carbonyl (C=O) groups excluding carboxylic acids is 1. The number of hydrogen-bond acceptors (Lipinski definition) is 4. The van der Waals surface area contributed by atoms with Crippen molar-refractivity contribution in [3.8, 4) is 0 Å². The lowest BCUT2D eigenvalue weighted by atomic mass is 9.98. The van der Waals surface area contributed by atoms with Crippen LogP contribution in [0.25, 0.3) is 0 Å². The average Bonchev–Trinajstić information content (AvgIpc) is 2.67. The summed E-state index contributed by atoms with van der Waals surface area (Å²) in [5.74, 6) is -0.300. The molecule has 0 atom stereocenters. The molecule has 3 N–H and O–H groups in total. The van der Waals surface area contributed by atoms with Gasteiger partial charge in [-0.15, -0.1) is 11.3 Å². The molecule has 1 aromatic heterocycles. The van der Waals surface area contributed by atoms with Gasteiger partial charge in [0.25, 0.3) is 5.91 Å². The molecule has 96 valence electrons. The predicted molar refractivity (Wildman–Crippen MR) is 74.4 cm³/mol. The van der Waals surface area contributed by atoms with E-state index in [1.165, 1.54) is 11.3 Å². The average molecular weight is 387 g/mol. The van der Waals surface area contributed by atoms with Crippen molar-refractivity contribution in [3.63, 3.8) is 0 Å². The highest BCUT2D eigenvalue weighted by Crippen LogP contribution is 2.32. The second-order valence-corrected chi connectivity index (χ2v) is 6.86. The Labute approximate surface area is 120 Å². The first-order valence-corrected chi connectivity index (χ1v) is 7.37. The number of carbonyl (C=O) groups is 1. The minimum absolute atomic E-state index is 0.292. The van der Waals surface area contributed by atoms with Crippen molar-refractivity contribution >= 4 is 49.1 Å². The van der Waals surface area contributed by atoms with Gasteiger partial charge in [0.1, 0.15) is 0 Å². The minimum Gasteiger partial charge on any atom is -0.394 e. The van der Waals surface area contributed by atoms with Crippen LogP contribution < -0.4 is 5.32 Å². The van der Waals surface area contributed by atoms with Gasteiger partial charge < -0.3 is 15.5 Å². The van der Waals surface area contributed by atoms with Gasteiger partial charge in [0, 0.05) is 4.47 Å².